The van der Waals surface area contributed by atoms with E-state index in [-0.39, 0.29) is 31.1 Å². The predicted molar refractivity (Wildman–Crippen MR) is 143 cm³/mol. The molecular formula is C27H32ClN3O4S. The summed E-state index contributed by atoms with van der Waals surface area (Å²) >= 11 is 1.69. The molecule has 2 aliphatic rings. The molecule has 2 aliphatic heterocycles. The van der Waals surface area contributed by atoms with E-state index in [0.717, 1.165) is 71.5 Å². The van der Waals surface area contributed by atoms with Gasteiger partial charge in [0, 0.05) is 23.5 Å². The number of nitrogens with zero attached hydrogens (tertiary/aromatic N) is 2. The van der Waals surface area contributed by atoms with Gasteiger partial charge in [0.15, 0.2) is 11.5 Å². The first-order valence-electron chi connectivity index (χ1n) is 12.4. The van der Waals surface area contributed by atoms with Crippen LogP contribution in [0.2, 0.25) is 0 Å². The van der Waals surface area contributed by atoms with Crippen molar-refractivity contribution in [2.24, 2.45) is 0 Å². The fourth-order valence-corrected chi connectivity index (χ4v) is 5.49. The van der Waals surface area contributed by atoms with Gasteiger partial charge >= 0.3 is 5.97 Å². The number of rotatable bonds is 10. The van der Waals surface area contributed by atoms with Gasteiger partial charge in [0.2, 0.25) is 6.79 Å². The Labute approximate surface area is 222 Å². The summed E-state index contributed by atoms with van der Waals surface area (Å²) in [6.45, 7) is 3.45. The van der Waals surface area contributed by atoms with Crippen molar-refractivity contribution in [2.45, 2.75) is 57.8 Å². The maximum Gasteiger partial charge on any atom is 0.306 e. The van der Waals surface area contributed by atoms with E-state index in [4.69, 9.17) is 24.2 Å². The molecule has 0 amide bonds. The molecule has 2 aromatic heterocycles. The normalized spacial score (nSPS) is 14.4. The highest BCUT2D eigenvalue weighted by atomic mass is 35.5. The van der Waals surface area contributed by atoms with E-state index in [9.17, 15) is 4.79 Å². The minimum Gasteiger partial charge on any atom is -0.466 e. The number of anilines is 1. The van der Waals surface area contributed by atoms with Crippen LogP contribution in [0, 0.1) is 0 Å². The Kier molecular flexibility index (Phi) is 9.04. The molecule has 0 saturated carbocycles. The molecule has 1 unspecified atom stereocenters. The average Bonchev–Trinajstić information content (AvgIpc) is 3.52. The van der Waals surface area contributed by atoms with Crippen molar-refractivity contribution in [1.29, 1.82) is 0 Å². The molecule has 192 valence electrons. The Balaban J connectivity index is 0.00000304. The molecule has 7 nitrogen and oxygen atoms in total. The number of hydrogen-bond donors (Lipinski definition) is 1. The van der Waals surface area contributed by atoms with Crippen LogP contribution in [0.1, 0.15) is 59.6 Å². The van der Waals surface area contributed by atoms with Crippen molar-refractivity contribution in [2.75, 3.05) is 25.3 Å². The number of benzene rings is 1. The van der Waals surface area contributed by atoms with Crippen molar-refractivity contribution in [1.82, 2.24) is 9.97 Å². The van der Waals surface area contributed by atoms with Crippen LogP contribution in [0.5, 0.6) is 11.5 Å². The second-order valence-corrected chi connectivity index (χ2v) is 9.89. The van der Waals surface area contributed by atoms with Crippen LogP contribution in [0.15, 0.2) is 35.7 Å². The van der Waals surface area contributed by atoms with Gasteiger partial charge < -0.3 is 19.5 Å². The molecule has 0 bridgehead atoms. The van der Waals surface area contributed by atoms with Crippen molar-refractivity contribution < 1.29 is 19.0 Å². The largest absolute Gasteiger partial charge is 0.466 e. The molecule has 1 N–H and O–H groups in total. The monoisotopic (exact) mass is 529 g/mol. The van der Waals surface area contributed by atoms with Crippen molar-refractivity contribution >= 4 is 35.5 Å². The predicted octanol–water partition coefficient (Wildman–Crippen LogP) is 5.50. The van der Waals surface area contributed by atoms with Crippen LogP contribution >= 0.6 is 23.7 Å². The first-order valence-corrected chi connectivity index (χ1v) is 13.3. The van der Waals surface area contributed by atoms with Gasteiger partial charge in [0.05, 0.1) is 23.7 Å². The van der Waals surface area contributed by atoms with E-state index in [1.165, 1.54) is 12.0 Å². The Morgan fingerprint density at radius 1 is 1.14 bits per heavy atom. The summed E-state index contributed by atoms with van der Waals surface area (Å²) in [5, 5.41) is 6.65. The lowest BCUT2D eigenvalue weighted by molar-refractivity contribution is -0.143. The number of carbonyl (C=O) groups excluding carboxylic acids is 1. The van der Waals surface area contributed by atoms with E-state index in [0.29, 0.717) is 19.4 Å². The fraction of sp³-hybridized carbons (Fsp3) is 0.444. The van der Waals surface area contributed by atoms with Gasteiger partial charge in [-0.2, -0.15) is 0 Å². The van der Waals surface area contributed by atoms with E-state index in [2.05, 4.69) is 22.8 Å². The second kappa shape index (κ2) is 12.4. The third-order valence-electron chi connectivity index (χ3n) is 6.42. The van der Waals surface area contributed by atoms with Crippen LogP contribution < -0.4 is 14.8 Å². The molecule has 1 atom stereocenters. The smallest absolute Gasteiger partial charge is 0.306 e. The van der Waals surface area contributed by atoms with Crippen molar-refractivity contribution in [3.05, 3.63) is 63.2 Å². The van der Waals surface area contributed by atoms with E-state index in [1.807, 2.05) is 25.1 Å². The standard InChI is InChI=1S/C27H31N3O4S.ClH/c1-2-32-26(31)15-20(19-9-11-23-24(14-19)34-17-33-23)13-22-16-35-25(29-22)7-3-6-21-10-8-18-5-4-12-28-27(18)30-21;/h8-11,14,16,20H,2-7,12-13,15,17H2,1H3,(H,28,30);1H. The first kappa shape index (κ1) is 26.2. The number of aromatic nitrogens is 2. The van der Waals surface area contributed by atoms with Gasteiger partial charge in [-0.05, 0) is 74.8 Å². The van der Waals surface area contributed by atoms with Gasteiger partial charge in [0.25, 0.3) is 0 Å². The minimum atomic E-state index is -0.197. The number of halogens is 1. The Morgan fingerprint density at radius 2 is 2.03 bits per heavy atom. The van der Waals surface area contributed by atoms with Gasteiger partial charge in [-0.3, -0.25) is 4.79 Å². The van der Waals surface area contributed by atoms with E-state index >= 15 is 0 Å². The molecule has 0 radical (unpaired) electrons. The highest BCUT2D eigenvalue weighted by molar-refractivity contribution is 7.09. The molecule has 5 rings (SSSR count). The second-order valence-electron chi connectivity index (χ2n) is 8.95. The molecule has 9 heteroatoms. The van der Waals surface area contributed by atoms with Crippen LogP contribution in [0.3, 0.4) is 0 Å². The van der Waals surface area contributed by atoms with Crippen molar-refractivity contribution in [3.8, 4) is 11.5 Å². The zero-order valence-electron chi connectivity index (χ0n) is 20.5. The van der Waals surface area contributed by atoms with Crippen LogP contribution in [-0.4, -0.2) is 35.9 Å². The molecule has 0 spiro atoms. The lowest BCUT2D eigenvalue weighted by atomic mass is 9.91. The molecule has 36 heavy (non-hydrogen) atoms. The Morgan fingerprint density at radius 3 is 2.92 bits per heavy atom. The van der Waals surface area contributed by atoms with Crippen LogP contribution in [-0.2, 0) is 35.2 Å². The van der Waals surface area contributed by atoms with Gasteiger partial charge in [-0.15, -0.1) is 23.7 Å². The van der Waals surface area contributed by atoms with Gasteiger partial charge in [-0.25, -0.2) is 9.97 Å². The Bertz CT molecular complexity index is 1190. The fourth-order valence-electron chi connectivity index (χ4n) is 4.63. The molecule has 0 saturated heterocycles. The summed E-state index contributed by atoms with van der Waals surface area (Å²) in [4.78, 5) is 22.0. The first-order chi connectivity index (χ1) is 17.2. The third kappa shape index (κ3) is 6.48. The molecule has 3 aromatic rings. The summed E-state index contributed by atoms with van der Waals surface area (Å²) < 4.78 is 16.2. The summed E-state index contributed by atoms with van der Waals surface area (Å²) in [5.41, 5.74) is 4.49. The zero-order chi connectivity index (χ0) is 24.0. The lowest BCUT2D eigenvalue weighted by Gasteiger charge is -2.17. The van der Waals surface area contributed by atoms with Crippen LogP contribution in [0.25, 0.3) is 0 Å². The number of ether oxygens (including phenoxy) is 3. The number of fused-ring (bicyclic) bond motifs is 2. The maximum atomic E-state index is 12.3. The molecule has 4 heterocycles. The maximum absolute atomic E-state index is 12.3. The number of aryl methyl sites for hydroxylation is 3. The van der Waals surface area contributed by atoms with E-state index < -0.39 is 0 Å². The molecule has 0 aliphatic carbocycles. The number of thiazole rings is 1. The number of carbonyl (C=O) groups is 1. The minimum absolute atomic E-state index is 0. The topological polar surface area (TPSA) is 82.6 Å². The number of pyridine rings is 1. The zero-order valence-corrected chi connectivity index (χ0v) is 22.1. The average molecular weight is 530 g/mol. The van der Waals surface area contributed by atoms with Gasteiger partial charge in [0.1, 0.15) is 5.82 Å². The summed E-state index contributed by atoms with van der Waals surface area (Å²) in [5.74, 6) is 2.29. The third-order valence-corrected chi connectivity index (χ3v) is 7.37. The summed E-state index contributed by atoms with van der Waals surface area (Å²) in [6, 6.07) is 10.3. The lowest BCUT2D eigenvalue weighted by Crippen LogP contribution is -2.14. The quantitative estimate of drug-likeness (QED) is 0.347. The Hall–Kier alpha value is -2.84. The van der Waals surface area contributed by atoms with Crippen molar-refractivity contribution in [3.63, 3.8) is 0 Å². The number of hydrogen-bond acceptors (Lipinski definition) is 8. The molecule has 1 aromatic carbocycles. The van der Waals surface area contributed by atoms with Crippen LogP contribution in [0.4, 0.5) is 5.82 Å². The van der Waals surface area contributed by atoms with E-state index in [1.54, 1.807) is 11.3 Å². The number of nitrogens with one attached hydrogen (secondary N) is 1. The summed E-state index contributed by atoms with van der Waals surface area (Å²) in [6.07, 6.45) is 6.13. The molecule has 0 fully saturated rings. The highest BCUT2D eigenvalue weighted by Crippen LogP contribution is 2.36. The van der Waals surface area contributed by atoms with Gasteiger partial charge in [-0.1, -0.05) is 12.1 Å². The highest BCUT2D eigenvalue weighted by Gasteiger charge is 2.22. The summed E-state index contributed by atoms with van der Waals surface area (Å²) in [7, 11) is 0. The SMILES string of the molecule is CCOC(=O)CC(Cc1csc(CCCc2ccc3c(n2)NCCC3)n1)c1ccc2c(c1)OCO2.Cl. The molecular weight excluding hydrogens is 498 g/mol. The number of esters is 1.